The molecule has 0 heterocycles. The topological polar surface area (TPSA) is 60.7 Å². The van der Waals surface area contributed by atoms with Gasteiger partial charge in [-0.05, 0) is 12.5 Å². The standard InChI is InChI=1S/C6H12O3/c1-2-3-5(8)6(9)4-7/h3,6-9H,2,4H2,1H3/b5-3-. The monoisotopic (exact) mass is 132 g/mol. The Morgan fingerprint density at radius 1 is 1.67 bits per heavy atom. The molecule has 0 aliphatic rings. The van der Waals surface area contributed by atoms with Crippen molar-refractivity contribution in [2.45, 2.75) is 19.4 Å². The zero-order valence-electron chi connectivity index (χ0n) is 5.41. The van der Waals surface area contributed by atoms with E-state index in [-0.39, 0.29) is 5.76 Å². The molecule has 0 radical (unpaired) electrons. The van der Waals surface area contributed by atoms with Crippen LogP contribution in [-0.2, 0) is 0 Å². The average molecular weight is 132 g/mol. The van der Waals surface area contributed by atoms with E-state index in [0.29, 0.717) is 6.42 Å². The minimum Gasteiger partial charge on any atom is -0.510 e. The molecule has 3 heteroatoms. The maximum atomic E-state index is 8.77. The summed E-state index contributed by atoms with van der Waals surface area (Å²) >= 11 is 0. The molecule has 54 valence electrons. The highest BCUT2D eigenvalue weighted by atomic mass is 16.3. The summed E-state index contributed by atoms with van der Waals surface area (Å²) in [5.41, 5.74) is 0. The molecule has 3 N–H and O–H groups in total. The van der Waals surface area contributed by atoms with Crippen LogP contribution in [0.2, 0.25) is 0 Å². The fourth-order valence-corrected chi connectivity index (χ4v) is 0.439. The molecular weight excluding hydrogens is 120 g/mol. The van der Waals surface area contributed by atoms with Gasteiger partial charge in [0.15, 0.2) is 0 Å². The van der Waals surface area contributed by atoms with Crippen LogP contribution in [0.1, 0.15) is 13.3 Å². The Bertz CT molecular complexity index is 98.5. The van der Waals surface area contributed by atoms with Crippen molar-refractivity contribution in [1.29, 1.82) is 0 Å². The lowest BCUT2D eigenvalue weighted by atomic mass is 10.3. The molecule has 1 atom stereocenters. The van der Waals surface area contributed by atoms with Crippen LogP contribution in [-0.4, -0.2) is 28.0 Å². The zero-order valence-corrected chi connectivity index (χ0v) is 5.41. The van der Waals surface area contributed by atoms with Crippen molar-refractivity contribution in [2.75, 3.05) is 6.61 Å². The molecule has 0 amide bonds. The van der Waals surface area contributed by atoms with Crippen LogP contribution in [0.25, 0.3) is 0 Å². The quantitative estimate of drug-likeness (QED) is 0.480. The first-order valence-corrected chi connectivity index (χ1v) is 2.90. The van der Waals surface area contributed by atoms with Gasteiger partial charge in [-0.1, -0.05) is 6.92 Å². The first-order chi connectivity index (χ1) is 4.22. The molecule has 0 aliphatic heterocycles. The highest BCUT2D eigenvalue weighted by Gasteiger charge is 2.04. The molecule has 0 spiro atoms. The van der Waals surface area contributed by atoms with Crippen molar-refractivity contribution >= 4 is 0 Å². The Morgan fingerprint density at radius 2 is 2.22 bits per heavy atom. The van der Waals surface area contributed by atoms with E-state index >= 15 is 0 Å². The van der Waals surface area contributed by atoms with E-state index in [4.69, 9.17) is 15.3 Å². The van der Waals surface area contributed by atoms with Gasteiger partial charge in [-0.15, -0.1) is 0 Å². The summed E-state index contributed by atoms with van der Waals surface area (Å²) in [6.45, 7) is 1.41. The highest BCUT2D eigenvalue weighted by molar-refractivity contribution is 4.96. The van der Waals surface area contributed by atoms with Crippen LogP contribution in [0.4, 0.5) is 0 Å². The second-order valence-corrected chi connectivity index (χ2v) is 1.74. The molecule has 0 aromatic carbocycles. The van der Waals surface area contributed by atoms with E-state index in [2.05, 4.69) is 0 Å². The van der Waals surface area contributed by atoms with Crippen LogP contribution in [0.15, 0.2) is 11.8 Å². The second-order valence-electron chi connectivity index (χ2n) is 1.74. The van der Waals surface area contributed by atoms with Gasteiger partial charge in [0.1, 0.15) is 11.9 Å². The van der Waals surface area contributed by atoms with Crippen LogP contribution in [0.3, 0.4) is 0 Å². The van der Waals surface area contributed by atoms with Gasteiger partial charge in [-0.25, -0.2) is 0 Å². The molecule has 0 saturated heterocycles. The summed E-state index contributed by atoms with van der Waals surface area (Å²) in [5.74, 6) is -0.153. The maximum absolute atomic E-state index is 8.77. The van der Waals surface area contributed by atoms with Crippen molar-refractivity contribution in [3.8, 4) is 0 Å². The van der Waals surface area contributed by atoms with Crippen LogP contribution >= 0.6 is 0 Å². The van der Waals surface area contributed by atoms with Crippen molar-refractivity contribution in [3.63, 3.8) is 0 Å². The van der Waals surface area contributed by atoms with Crippen molar-refractivity contribution < 1.29 is 15.3 Å². The third-order valence-corrected chi connectivity index (χ3v) is 0.928. The molecular formula is C6H12O3. The van der Waals surface area contributed by atoms with E-state index in [9.17, 15) is 0 Å². The summed E-state index contributed by atoms with van der Waals surface area (Å²) in [6.07, 6.45) is 1.01. The Balaban J connectivity index is 3.70. The number of aliphatic hydroxyl groups is 3. The largest absolute Gasteiger partial charge is 0.510 e. The molecule has 0 aliphatic carbocycles. The maximum Gasteiger partial charge on any atom is 0.133 e. The zero-order chi connectivity index (χ0) is 7.28. The third-order valence-electron chi connectivity index (χ3n) is 0.928. The van der Waals surface area contributed by atoms with Crippen LogP contribution in [0.5, 0.6) is 0 Å². The van der Waals surface area contributed by atoms with Gasteiger partial charge in [-0.3, -0.25) is 0 Å². The van der Waals surface area contributed by atoms with Crippen LogP contribution < -0.4 is 0 Å². The Labute approximate surface area is 54.3 Å². The highest BCUT2D eigenvalue weighted by Crippen LogP contribution is 1.97. The summed E-state index contributed by atoms with van der Waals surface area (Å²) in [4.78, 5) is 0. The van der Waals surface area contributed by atoms with Gasteiger partial charge < -0.3 is 15.3 Å². The molecule has 9 heavy (non-hydrogen) atoms. The first-order valence-electron chi connectivity index (χ1n) is 2.90. The van der Waals surface area contributed by atoms with Gasteiger partial charge >= 0.3 is 0 Å². The van der Waals surface area contributed by atoms with Crippen LogP contribution in [0, 0.1) is 0 Å². The van der Waals surface area contributed by atoms with E-state index in [1.165, 1.54) is 6.08 Å². The van der Waals surface area contributed by atoms with E-state index < -0.39 is 12.7 Å². The summed E-state index contributed by atoms with van der Waals surface area (Å²) in [7, 11) is 0. The predicted molar refractivity (Wildman–Crippen MR) is 34.1 cm³/mol. The lowest BCUT2D eigenvalue weighted by Gasteiger charge is -2.03. The molecule has 0 fully saturated rings. The average Bonchev–Trinajstić information content (AvgIpc) is 1.87. The van der Waals surface area contributed by atoms with Gasteiger partial charge in [0.2, 0.25) is 0 Å². The lowest BCUT2D eigenvalue weighted by molar-refractivity contribution is 0.0867. The fourth-order valence-electron chi connectivity index (χ4n) is 0.439. The molecule has 0 rings (SSSR count). The van der Waals surface area contributed by atoms with E-state index in [1.807, 2.05) is 6.92 Å². The van der Waals surface area contributed by atoms with Gasteiger partial charge in [0.25, 0.3) is 0 Å². The van der Waals surface area contributed by atoms with E-state index in [0.717, 1.165) is 0 Å². The molecule has 0 aromatic heterocycles. The first kappa shape index (κ1) is 8.46. The lowest BCUT2D eigenvalue weighted by Crippen LogP contribution is -2.14. The minimum atomic E-state index is -1.11. The summed E-state index contributed by atoms with van der Waals surface area (Å²) < 4.78 is 0. The predicted octanol–water partition coefficient (Wildman–Crippen LogP) is 0.192. The smallest absolute Gasteiger partial charge is 0.133 e. The number of aliphatic hydroxyl groups excluding tert-OH is 3. The third kappa shape index (κ3) is 3.11. The molecule has 3 nitrogen and oxygen atoms in total. The Kier molecular flexibility index (Phi) is 4.09. The number of allylic oxidation sites excluding steroid dienone is 1. The molecule has 0 aromatic rings. The molecule has 1 unspecified atom stereocenters. The normalized spacial score (nSPS) is 15.7. The number of rotatable bonds is 3. The fraction of sp³-hybridized carbons (Fsp3) is 0.667. The van der Waals surface area contributed by atoms with E-state index in [1.54, 1.807) is 0 Å². The van der Waals surface area contributed by atoms with Gasteiger partial charge in [-0.2, -0.15) is 0 Å². The van der Waals surface area contributed by atoms with Gasteiger partial charge in [0.05, 0.1) is 6.61 Å². The van der Waals surface area contributed by atoms with Crippen molar-refractivity contribution in [1.82, 2.24) is 0 Å². The SMILES string of the molecule is CC/C=C(\O)C(O)CO. The van der Waals surface area contributed by atoms with Crippen molar-refractivity contribution in [2.24, 2.45) is 0 Å². The summed E-state index contributed by atoms with van der Waals surface area (Å²) in [6, 6.07) is 0. The number of hydrogen-bond acceptors (Lipinski definition) is 3. The molecule has 0 bridgehead atoms. The summed E-state index contributed by atoms with van der Waals surface area (Å²) in [5, 5.41) is 25.7. The van der Waals surface area contributed by atoms with Crippen molar-refractivity contribution in [3.05, 3.63) is 11.8 Å². The number of hydrogen-bond donors (Lipinski definition) is 3. The Hall–Kier alpha value is -0.540. The second kappa shape index (κ2) is 4.35. The molecule has 0 saturated carbocycles. The van der Waals surface area contributed by atoms with Gasteiger partial charge in [0, 0.05) is 0 Å². The minimum absolute atomic E-state index is 0.153. The Morgan fingerprint density at radius 3 is 2.56 bits per heavy atom.